The number of hydrogen-bond donors (Lipinski definition) is 1. The Morgan fingerprint density at radius 1 is 1.50 bits per heavy atom. The average Bonchev–Trinajstić information content (AvgIpc) is 2.04. The Morgan fingerprint density at radius 3 is 2.17 bits per heavy atom. The lowest BCUT2D eigenvalue weighted by atomic mass is 10.9. The lowest BCUT2D eigenvalue weighted by molar-refractivity contribution is 0.191. The van der Waals surface area contributed by atoms with Gasteiger partial charge in [-0.1, -0.05) is 0 Å². The number of nitriles is 1. The second kappa shape index (κ2) is 5.85. The molecule has 12 heavy (non-hydrogen) atoms. The van der Waals surface area contributed by atoms with Crippen molar-refractivity contribution in [3.63, 3.8) is 0 Å². The molecule has 0 rings (SSSR count). The van der Waals surface area contributed by atoms with Crippen molar-refractivity contribution in [1.82, 2.24) is 0 Å². The Hall–Kier alpha value is 0.280. The van der Waals surface area contributed by atoms with Crippen LogP contribution in [0.5, 0.6) is 0 Å². The highest BCUT2D eigenvalue weighted by molar-refractivity contribution is 9.11. The van der Waals surface area contributed by atoms with Gasteiger partial charge in [0.25, 0.3) is 4.57 Å². The monoisotopic (exact) mass is 256 g/mol. The molecule has 6 heteroatoms. The molecule has 0 bridgehead atoms. The fourth-order valence-electron chi connectivity index (χ4n) is 0.611. The molecule has 1 unspecified atom stereocenters. The molecule has 0 aromatic heterocycles. The van der Waals surface area contributed by atoms with Crippen LogP contribution in [0.4, 0.5) is 0 Å². The van der Waals surface area contributed by atoms with E-state index < -0.39 is 12.5 Å². The van der Waals surface area contributed by atoms with Crippen LogP contribution in [0.25, 0.3) is 0 Å². The maximum absolute atomic E-state index is 9.68. The Kier molecular flexibility index (Phi) is 5.98. The third kappa shape index (κ3) is 3.34. The van der Waals surface area contributed by atoms with Crippen LogP contribution in [0.3, 0.4) is 0 Å². The molecule has 70 valence electrons. The minimum atomic E-state index is -3.00. The van der Waals surface area contributed by atoms with Crippen LogP contribution >= 0.6 is 23.9 Å². The molecule has 1 N–H and O–H groups in total. The van der Waals surface area contributed by atoms with Gasteiger partial charge in [0.15, 0.2) is 0 Å². The zero-order chi connectivity index (χ0) is 9.61. The molecule has 0 spiro atoms. The van der Waals surface area contributed by atoms with Crippen LogP contribution in [-0.2, 0) is 9.05 Å². The maximum atomic E-state index is 9.68. The first-order valence-corrected chi connectivity index (χ1v) is 6.11. The smallest absolute Gasteiger partial charge is 0.193 e. The fourth-order valence-corrected chi connectivity index (χ4v) is 2.54. The molecule has 0 saturated carbocycles. The van der Waals surface area contributed by atoms with Crippen LogP contribution in [0, 0.1) is 11.3 Å². The molecule has 0 aliphatic rings. The van der Waals surface area contributed by atoms with Gasteiger partial charge in [0.05, 0.1) is 13.2 Å². The SMILES string of the molecule is CCO[P+](O)(OCC)C(Br)C#N. The van der Waals surface area contributed by atoms with Crippen molar-refractivity contribution in [3.05, 3.63) is 0 Å². The first kappa shape index (κ1) is 12.3. The highest BCUT2D eigenvalue weighted by atomic mass is 79.9. The fraction of sp³-hybridized carbons (Fsp3) is 0.833. The van der Waals surface area contributed by atoms with E-state index >= 15 is 0 Å². The van der Waals surface area contributed by atoms with Gasteiger partial charge in [-0.3, -0.25) is 0 Å². The first-order chi connectivity index (χ1) is 5.60. The Morgan fingerprint density at radius 2 is 1.92 bits per heavy atom. The lowest BCUT2D eigenvalue weighted by Gasteiger charge is -2.15. The molecule has 0 aromatic rings. The third-order valence-electron chi connectivity index (χ3n) is 1.02. The van der Waals surface area contributed by atoms with Crippen molar-refractivity contribution in [2.45, 2.75) is 18.4 Å². The van der Waals surface area contributed by atoms with E-state index in [4.69, 9.17) is 14.3 Å². The molecule has 0 radical (unpaired) electrons. The van der Waals surface area contributed by atoms with E-state index in [1.54, 1.807) is 13.8 Å². The van der Waals surface area contributed by atoms with Crippen LogP contribution in [-0.4, -0.2) is 22.7 Å². The van der Waals surface area contributed by atoms with Crippen molar-refractivity contribution in [2.75, 3.05) is 13.2 Å². The zero-order valence-electron chi connectivity index (χ0n) is 7.03. The molecule has 0 aliphatic carbocycles. The molecule has 4 nitrogen and oxygen atoms in total. The average molecular weight is 257 g/mol. The van der Waals surface area contributed by atoms with Gasteiger partial charge in [0.2, 0.25) is 0 Å². The quantitative estimate of drug-likeness (QED) is 0.604. The van der Waals surface area contributed by atoms with Gasteiger partial charge in [0, 0.05) is 0 Å². The summed E-state index contributed by atoms with van der Waals surface area (Å²) < 4.78 is 9.22. The zero-order valence-corrected chi connectivity index (χ0v) is 9.51. The van der Waals surface area contributed by atoms with Gasteiger partial charge < -0.3 is 0 Å². The number of nitrogens with zero attached hydrogens (tertiary/aromatic N) is 1. The van der Waals surface area contributed by atoms with E-state index in [1.807, 2.05) is 6.07 Å². The lowest BCUT2D eigenvalue weighted by Crippen LogP contribution is -2.11. The molecule has 0 saturated heterocycles. The first-order valence-electron chi connectivity index (χ1n) is 3.55. The van der Waals surface area contributed by atoms with Gasteiger partial charge in [-0.15, -0.1) is 0 Å². The van der Waals surface area contributed by atoms with Gasteiger partial charge in [-0.05, 0) is 29.8 Å². The summed E-state index contributed by atoms with van der Waals surface area (Å²) in [5, 5.41) is 8.53. The predicted molar refractivity (Wildman–Crippen MR) is 50.7 cm³/mol. The van der Waals surface area contributed by atoms with E-state index in [0.717, 1.165) is 0 Å². The third-order valence-corrected chi connectivity index (χ3v) is 4.72. The van der Waals surface area contributed by atoms with Gasteiger partial charge in [0.1, 0.15) is 6.07 Å². The molecule has 0 heterocycles. The topological polar surface area (TPSA) is 62.5 Å². The molecule has 0 fully saturated rings. The summed E-state index contributed by atoms with van der Waals surface area (Å²) in [7, 11) is -3.00. The standard InChI is InChI=1S/C6H12BrNO3P/c1-3-10-12(9,11-4-2)6(7)5-8/h6,9H,3-4H2,1-2H3/q+1. The predicted octanol–water partition coefficient (Wildman–Crippen LogP) is 2.06. The summed E-state index contributed by atoms with van der Waals surface area (Å²) in [5.41, 5.74) is 0. The van der Waals surface area contributed by atoms with Crippen LogP contribution in [0.2, 0.25) is 0 Å². The van der Waals surface area contributed by atoms with Gasteiger partial charge in [-0.25, -0.2) is 0 Å². The molecule has 1 atom stereocenters. The summed E-state index contributed by atoms with van der Waals surface area (Å²) in [6.45, 7) is 4.13. The van der Waals surface area contributed by atoms with Crippen molar-refractivity contribution >= 4 is 23.9 Å². The highest BCUT2D eigenvalue weighted by Crippen LogP contribution is 2.62. The van der Waals surface area contributed by atoms with Crippen LogP contribution in [0.15, 0.2) is 0 Å². The van der Waals surface area contributed by atoms with E-state index in [-0.39, 0.29) is 0 Å². The minimum Gasteiger partial charge on any atom is -0.193 e. The largest absolute Gasteiger partial charge is 0.438 e. The summed E-state index contributed by atoms with van der Waals surface area (Å²) in [6, 6.07) is 1.84. The molecule has 0 aliphatic heterocycles. The highest BCUT2D eigenvalue weighted by Gasteiger charge is 2.49. The summed E-state index contributed by atoms with van der Waals surface area (Å²) >= 11 is 2.99. The summed E-state index contributed by atoms with van der Waals surface area (Å²) in [6.07, 6.45) is 0. The number of rotatable bonds is 5. The normalized spacial score (nSPS) is 13.9. The van der Waals surface area contributed by atoms with Crippen molar-refractivity contribution in [1.29, 1.82) is 5.26 Å². The second-order valence-corrected chi connectivity index (χ2v) is 5.65. The number of alkyl halides is 1. The van der Waals surface area contributed by atoms with Crippen LogP contribution in [0.1, 0.15) is 13.8 Å². The molecule has 0 aromatic carbocycles. The molecule has 0 amide bonds. The molecular weight excluding hydrogens is 245 g/mol. The van der Waals surface area contributed by atoms with E-state index in [2.05, 4.69) is 15.9 Å². The Bertz CT molecular complexity index is 167. The minimum absolute atomic E-state index is 0.327. The molecular formula is C6H12BrNO3P+. The second-order valence-electron chi connectivity index (χ2n) is 1.86. The summed E-state index contributed by atoms with van der Waals surface area (Å²) in [5.74, 6) is 0. The van der Waals surface area contributed by atoms with E-state index in [9.17, 15) is 4.89 Å². The summed E-state index contributed by atoms with van der Waals surface area (Å²) in [4.78, 5) is 9.68. The number of halogens is 1. The van der Waals surface area contributed by atoms with Gasteiger partial charge >= 0.3 is 7.94 Å². The van der Waals surface area contributed by atoms with E-state index in [0.29, 0.717) is 13.2 Å². The van der Waals surface area contributed by atoms with Crippen LogP contribution < -0.4 is 0 Å². The Labute approximate surface area is 81.2 Å². The van der Waals surface area contributed by atoms with Crippen molar-refractivity contribution in [3.8, 4) is 6.07 Å². The maximum Gasteiger partial charge on any atom is 0.438 e. The van der Waals surface area contributed by atoms with E-state index in [1.165, 1.54) is 0 Å². The van der Waals surface area contributed by atoms with Crippen molar-refractivity contribution in [2.24, 2.45) is 0 Å². The van der Waals surface area contributed by atoms with Gasteiger partial charge in [-0.2, -0.15) is 19.2 Å². The Balaban J connectivity index is 4.28. The number of hydrogen-bond acceptors (Lipinski definition) is 4. The van der Waals surface area contributed by atoms with Crippen molar-refractivity contribution < 1.29 is 13.9 Å².